The average Bonchev–Trinajstić information content (AvgIpc) is 3.57. The average molecular weight is 608 g/mol. The number of carbonyl (C=O) groups is 3. The van der Waals surface area contributed by atoms with Crippen LogP contribution in [0.4, 0.5) is 0 Å². The number of fused-ring (bicyclic) bond motifs is 1. The van der Waals surface area contributed by atoms with E-state index in [0.29, 0.717) is 11.4 Å². The maximum atomic E-state index is 13.9. The van der Waals surface area contributed by atoms with Crippen molar-refractivity contribution in [3.8, 4) is 0 Å². The Morgan fingerprint density at radius 1 is 0.929 bits per heavy atom. The number of carbonyl (C=O) groups excluding carboxylic acids is 3. The first-order chi connectivity index (χ1) is 20.2. The summed E-state index contributed by atoms with van der Waals surface area (Å²) in [5.74, 6) is -1.09. The Labute approximate surface area is 251 Å². The molecule has 3 aromatic rings. The summed E-state index contributed by atoms with van der Waals surface area (Å²) in [6.07, 6.45) is 4.36. The van der Waals surface area contributed by atoms with E-state index < -0.39 is 22.0 Å². The topological polar surface area (TPSA) is 104 Å². The minimum absolute atomic E-state index is 0.0165. The van der Waals surface area contributed by atoms with Crippen molar-refractivity contribution < 1.29 is 22.8 Å². The van der Waals surface area contributed by atoms with Gasteiger partial charge in [-0.3, -0.25) is 14.4 Å². The first-order valence-corrected chi connectivity index (χ1v) is 16.1. The van der Waals surface area contributed by atoms with Gasteiger partial charge in [0.15, 0.2) is 0 Å². The zero-order valence-electron chi connectivity index (χ0n) is 23.2. The molecule has 1 N–H and O–H groups in total. The van der Waals surface area contributed by atoms with Crippen LogP contribution in [0, 0.1) is 0 Å². The van der Waals surface area contributed by atoms with Gasteiger partial charge in [-0.2, -0.15) is 0 Å². The standard InChI is InChI=1S/C32H34ClN3O5S/c33-25-18-16-24(17-19-25)22-35(28(21-23-9-2-1-3-10-23)31(38)34-26-11-4-5-12-26)30(37)15-8-20-36-32(39)27-13-6-7-14-29(27)42(36,40)41/h1-3,6-7,9-10,13-14,16-19,26,28H,4-5,8,11-12,15,20-22H2,(H,34,38)/t28-/m1/s1. The van der Waals surface area contributed by atoms with E-state index in [-0.39, 0.29) is 54.2 Å². The number of nitrogens with one attached hydrogen (secondary N) is 1. The molecule has 1 aliphatic carbocycles. The third-order valence-corrected chi connectivity index (χ3v) is 10.00. The van der Waals surface area contributed by atoms with Crippen molar-refractivity contribution in [3.63, 3.8) is 0 Å². The van der Waals surface area contributed by atoms with Gasteiger partial charge in [0, 0.05) is 37.0 Å². The van der Waals surface area contributed by atoms with Gasteiger partial charge in [-0.05, 0) is 54.7 Å². The molecule has 0 bridgehead atoms. The lowest BCUT2D eigenvalue weighted by Gasteiger charge is -2.32. The van der Waals surface area contributed by atoms with Crippen LogP contribution in [-0.4, -0.2) is 54.0 Å². The molecular weight excluding hydrogens is 574 g/mol. The molecule has 220 valence electrons. The highest BCUT2D eigenvalue weighted by atomic mass is 35.5. The Bertz CT molecular complexity index is 1540. The van der Waals surface area contributed by atoms with Gasteiger partial charge in [0.05, 0.1) is 5.56 Å². The van der Waals surface area contributed by atoms with Gasteiger partial charge in [-0.25, -0.2) is 12.7 Å². The van der Waals surface area contributed by atoms with Gasteiger partial charge >= 0.3 is 0 Å². The van der Waals surface area contributed by atoms with Crippen LogP contribution >= 0.6 is 11.6 Å². The lowest BCUT2D eigenvalue weighted by molar-refractivity contribution is -0.141. The lowest BCUT2D eigenvalue weighted by atomic mass is 10.0. The SMILES string of the molecule is O=C(NC1CCCC1)[C@@H](Cc1ccccc1)N(Cc1ccc(Cl)cc1)C(=O)CCCN1C(=O)c2ccccc2S1(=O)=O. The molecule has 3 amide bonds. The molecule has 0 radical (unpaired) electrons. The minimum atomic E-state index is -3.97. The van der Waals surface area contributed by atoms with E-state index in [1.165, 1.54) is 12.1 Å². The first kappa shape index (κ1) is 29.8. The summed E-state index contributed by atoms with van der Waals surface area (Å²) >= 11 is 6.10. The second-order valence-corrected chi connectivity index (χ2v) is 13.1. The fraction of sp³-hybridized carbons (Fsp3) is 0.344. The highest BCUT2D eigenvalue weighted by molar-refractivity contribution is 7.90. The number of amides is 3. The molecular formula is C32H34ClN3O5S. The number of rotatable bonds is 11. The van der Waals surface area contributed by atoms with Crippen LogP contribution in [-0.2, 0) is 32.6 Å². The number of hydrogen-bond donors (Lipinski definition) is 1. The van der Waals surface area contributed by atoms with Crippen LogP contribution in [0.25, 0.3) is 0 Å². The normalized spacial score (nSPS) is 16.7. The smallest absolute Gasteiger partial charge is 0.269 e. The Kier molecular flexibility index (Phi) is 9.28. The molecule has 1 saturated carbocycles. The molecule has 3 aromatic carbocycles. The second kappa shape index (κ2) is 13.1. The molecule has 0 saturated heterocycles. The molecule has 1 heterocycles. The number of benzene rings is 3. The van der Waals surface area contributed by atoms with Gasteiger partial charge in [-0.15, -0.1) is 0 Å². The summed E-state index contributed by atoms with van der Waals surface area (Å²) in [6, 6.07) is 22.1. The maximum Gasteiger partial charge on any atom is 0.269 e. The van der Waals surface area contributed by atoms with Crippen molar-refractivity contribution in [1.29, 1.82) is 0 Å². The second-order valence-electron chi connectivity index (χ2n) is 10.8. The summed E-state index contributed by atoms with van der Waals surface area (Å²) in [6.45, 7) is 0.0476. The number of halogens is 1. The van der Waals surface area contributed by atoms with Crippen LogP contribution in [0.2, 0.25) is 5.02 Å². The van der Waals surface area contributed by atoms with E-state index in [9.17, 15) is 22.8 Å². The van der Waals surface area contributed by atoms with Crippen molar-refractivity contribution in [3.05, 3.63) is 101 Å². The van der Waals surface area contributed by atoms with E-state index >= 15 is 0 Å². The van der Waals surface area contributed by atoms with E-state index in [1.54, 1.807) is 29.2 Å². The number of hydrogen-bond acceptors (Lipinski definition) is 5. The quantitative estimate of drug-likeness (QED) is 0.332. The maximum absolute atomic E-state index is 13.9. The summed E-state index contributed by atoms with van der Waals surface area (Å²) < 4.78 is 26.8. The minimum Gasteiger partial charge on any atom is -0.352 e. The van der Waals surface area contributed by atoms with Gasteiger partial charge in [0.2, 0.25) is 11.8 Å². The van der Waals surface area contributed by atoms with Gasteiger partial charge in [-0.1, -0.05) is 79.0 Å². The Morgan fingerprint density at radius 2 is 1.60 bits per heavy atom. The van der Waals surface area contributed by atoms with Crippen molar-refractivity contribution >= 4 is 39.3 Å². The summed E-state index contributed by atoms with van der Waals surface area (Å²) in [7, 11) is -3.97. The molecule has 1 fully saturated rings. The highest BCUT2D eigenvalue weighted by Gasteiger charge is 2.40. The molecule has 0 spiro atoms. The van der Waals surface area contributed by atoms with Crippen molar-refractivity contribution in [2.24, 2.45) is 0 Å². The Morgan fingerprint density at radius 3 is 2.29 bits per heavy atom. The van der Waals surface area contributed by atoms with E-state index in [2.05, 4.69) is 5.32 Å². The number of sulfonamides is 1. The fourth-order valence-corrected chi connectivity index (χ4v) is 7.41. The molecule has 1 aliphatic heterocycles. The zero-order valence-corrected chi connectivity index (χ0v) is 24.8. The lowest BCUT2D eigenvalue weighted by Crippen LogP contribution is -2.52. The van der Waals surface area contributed by atoms with Crippen LogP contribution in [0.5, 0.6) is 0 Å². The predicted octanol–water partition coefficient (Wildman–Crippen LogP) is 4.96. The number of nitrogens with zero attached hydrogens (tertiary/aromatic N) is 2. The van der Waals surface area contributed by atoms with Gasteiger partial charge in [0.1, 0.15) is 10.9 Å². The molecule has 0 aromatic heterocycles. The van der Waals surface area contributed by atoms with E-state index in [4.69, 9.17) is 11.6 Å². The summed E-state index contributed by atoms with van der Waals surface area (Å²) in [5.41, 5.74) is 1.87. The van der Waals surface area contributed by atoms with Crippen molar-refractivity contribution in [2.75, 3.05) is 6.54 Å². The largest absolute Gasteiger partial charge is 0.352 e. The zero-order chi connectivity index (χ0) is 29.7. The van der Waals surface area contributed by atoms with Crippen molar-refractivity contribution in [1.82, 2.24) is 14.5 Å². The van der Waals surface area contributed by atoms with E-state index in [1.807, 2.05) is 42.5 Å². The van der Waals surface area contributed by atoms with Gasteiger partial charge in [0.25, 0.3) is 15.9 Å². The highest BCUT2D eigenvalue weighted by Crippen LogP contribution is 2.30. The van der Waals surface area contributed by atoms with E-state index in [0.717, 1.165) is 41.1 Å². The Balaban J connectivity index is 1.37. The van der Waals surface area contributed by atoms with Crippen LogP contribution < -0.4 is 5.32 Å². The summed E-state index contributed by atoms with van der Waals surface area (Å²) in [4.78, 5) is 42.1. The fourth-order valence-electron chi connectivity index (χ4n) is 5.68. The molecule has 0 unspecified atom stereocenters. The third kappa shape index (κ3) is 6.68. The molecule has 2 aliphatic rings. The molecule has 8 nitrogen and oxygen atoms in total. The molecule has 42 heavy (non-hydrogen) atoms. The van der Waals surface area contributed by atoms with Crippen LogP contribution in [0.1, 0.15) is 60.0 Å². The van der Waals surface area contributed by atoms with Crippen LogP contribution in [0.3, 0.4) is 0 Å². The Hall–Kier alpha value is -3.69. The third-order valence-electron chi connectivity index (χ3n) is 7.90. The van der Waals surface area contributed by atoms with Crippen molar-refractivity contribution in [2.45, 2.75) is 68.5 Å². The molecule has 5 rings (SSSR count). The first-order valence-electron chi connectivity index (χ1n) is 14.3. The summed E-state index contributed by atoms with van der Waals surface area (Å²) in [5, 5.41) is 3.73. The van der Waals surface area contributed by atoms with Crippen LogP contribution in [0.15, 0.2) is 83.8 Å². The molecule has 10 heteroatoms. The predicted molar refractivity (Wildman–Crippen MR) is 160 cm³/mol. The monoisotopic (exact) mass is 607 g/mol. The molecule has 1 atom stereocenters. The van der Waals surface area contributed by atoms with Gasteiger partial charge < -0.3 is 10.2 Å².